The highest BCUT2D eigenvalue weighted by Gasteiger charge is 2.38. The van der Waals surface area contributed by atoms with E-state index in [1.165, 1.54) is 13.2 Å². The third-order valence-corrected chi connectivity index (χ3v) is 5.63. The Kier molecular flexibility index (Phi) is 7.01. The fourth-order valence-electron chi connectivity index (χ4n) is 4.28. The van der Waals surface area contributed by atoms with Crippen LogP contribution in [0.5, 0.6) is 5.88 Å². The number of rotatable bonds is 6. The van der Waals surface area contributed by atoms with Crippen LogP contribution in [0.2, 0.25) is 0 Å². The number of piperidine rings is 1. The van der Waals surface area contributed by atoms with Crippen molar-refractivity contribution in [3.8, 4) is 5.88 Å². The Morgan fingerprint density at radius 3 is 2.52 bits per heavy atom. The van der Waals surface area contributed by atoms with Crippen molar-refractivity contribution in [1.82, 2.24) is 10.4 Å². The zero-order valence-electron chi connectivity index (χ0n) is 18.8. The van der Waals surface area contributed by atoms with E-state index >= 15 is 4.39 Å². The van der Waals surface area contributed by atoms with E-state index in [2.05, 4.69) is 10.4 Å². The molecular formula is C23H33FN3O4+. The summed E-state index contributed by atoms with van der Waals surface area (Å²) in [6.07, 6.45) is 2.42. The largest absolute Gasteiger partial charge is 0.481 e. The molecule has 1 saturated heterocycles. The maximum Gasteiger partial charge on any atom is 0.452 e. The molecule has 1 atom stereocenters. The normalized spacial score (nSPS) is 17.2. The number of ether oxygens (including phenoxy) is 2. The molecule has 2 heterocycles. The van der Waals surface area contributed by atoms with E-state index in [9.17, 15) is 9.90 Å². The van der Waals surface area contributed by atoms with E-state index in [-0.39, 0.29) is 11.2 Å². The Bertz CT molecular complexity index is 923. The van der Waals surface area contributed by atoms with Crippen molar-refractivity contribution in [2.24, 2.45) is 0 Å². The summed E-state index contributed by atoms with van der Waals surface area (Å²) < 4.78 is 26.0. The summed E-state index contributed by atoms with van der Waals surface area (Å²) in [5.74, 6) is -0.610. The van der Waals surface area contributed by atoms with Crippen molar-refractivity contribution in [3.63, 3.8) is 0 Å². The summed E-state index contributed by atoms with van der Waals surface area (Å²) in [5.41, 5.74) is 3.19. The van der Waals surface area contributed by atoms with Gasteiger partial charge in [0.1, 0.15) is 31.1 Å². The van der Waals surface area contributed by atoms with Gasteiger partial charge in [0.05, 0.1) is 25.2 Å². The molecule has 1 aromatic carbocycles. The number of aliphatic hydroxyl groups is 1. The number of benzene rings is 1. The van der Waals surface area contributed by atoms with Crippen molar-refractivity contribution in [2.45, 2.75) is 51.6 Å². The molecule has 170 valence electrons. The molecule has 0 spiro atoms. The Morgan fingerprint density at radius 1 is 1.23 bits per heavy atom. The van der Waals surface area contributed by atoms with Gasteiger partial charge in [-0.15, -0.1) is 0 Å². The van der Waals surface area contributed by atoms with Crippen LogP contribution in [0.3, 0.4) is 0 Å². The van der Waals surface area contributed by atoms with Crippen LogP contribution in [0.1, 0.15) is 51.5 Å². The van der Waals surface area contributed by atoms with E-state index in [0.29, 0.717) is 36.6 Å². The zero-order valence-corrected chi connectivity index (χ0v) is 18.8. The number of carbonyl (C=O) groups is 1. The van der Waals surface area contributed by atoms with Crippen LogP contribution in [0.15, 0.2) is 24.3 Å². The lowest BCUT2D eigenvalue weighted by Gasteiger charge is -2.42. The van der Waals surface area contributed by atoms with Crippen molar-refractivity contribution in [1.29, 1.82) is 0 Å². The standard InChI is InChI=1S/C23H32FN3O4/c1-23(2,3)31-22(29)26-27(12-6-5-7-13-27)14-17(15-28)20-18(24)10-8-16-9-11-19(30-4)25-21(16)20/h8-11,17,28H,5-7,12-15H2,1-4H3/p+1. The van der Waals surface area contributed by atoms with Gasteiger partial charge < -0.3 is 14.6 Å². The summed E-state index contributed by atoms with van der Waals surface area (Å²) >= 11 is 0. The minimum atomic E-state index is -0.623. The number of likely N-dealkylation sites (tertiary alicyclic amines) is 1. The number of carbonyl (C=O) groups excluding carboxylic acids is 1. The first-order valence-electron chi connectivity index (χ1n) is 10.8. The monoisotopic (exact) mass is 434 g/mol. The fourth-order valence-corrected chi connectivity index (χ4v) is 4.28. The molecular weight excluding hydrogens is 401 g/mol. The number of aromatic nitrogens is 1. The SMILES string of the molecule is COc1ccc2ccc(F)c(C(CO)C[N+]3(NC(=O)OC(C)(C)C)CCCCC3)c2n1. The van der Waals surface area contributed by atoms with E-state index in [1.54, 1.807) is 12.1 Å². The number of fused-ring (bicyclic) bond motifs is 1. The minimum Gasteiger partial charge on any atom is -0.481 e. The average Bonchev–Trinajstić information content (AvgIpc) is 2.71. The highest BCUT2D eigenvalue weighted by atomic mass is 19.1. The summed E-state index contributed by atoms with van der Waals surface area (Å²) in [6.45, 7) is 6.89. The first-order valence-corrected chi connectivity index (χ1v) is 10.8. The summed E-state index contributed by atoms with van der Waals surface area (Å²) in [7, 11) is 1.51. The number of pyridine rings is 1. The first kappa shape index (κ1) is 23.2. The maximum atomic E-state index is 15.0. The van der Waals surface area contributed by atoms with Crippen molar-refractivity contribution in [2.75, 3.05) is 33.4 Å². The second-order valence-corrected chi connectivity index (χ2v) is 9.22. The molecule has 31 heavy (non-hydrogen) atoms. The van der Waals surface area contributed by atoms with Gasteiger partial charge in [0.2, 0.25) is 5.88 Å². The van der Waals surface area contributed by atoms with Gasteiger partial charge in [-0.25, -0.2) is 18.8 Å². The molecule has 1 amide bonds. The molecule has 1 aliphatic rings. The fraction of sp³-hybridized carbons (Fsp3) is 0.565. The molecule has 0 radical (unpaired) electrons. The number of nitrogens with one attached hydrogen (secondary N) is 1. The minimum absolute atomic E-state index is 0.236. The van der Waals surface area contributed by atoms with Gasteiger partial charge in [-0.1, -0.05) is 0 Å². The lowest BCUT2D eigenvalue weighted by Crippen LogP contribution is -2.64. The van der Waals surface area contributed by atoms with Gasteiger partial charge in [0.15, 0.2) is 0 Å². The summed E-state index contributed by atoms with van der Waals surface area (Å²) in [5, 5.41) is 11.0. The van der Waals surface area contributed by atoms with Crippen molar-refractivity contribution < 1.29 is 28.4 Å². The van der Waals surface area contributed by atoms with E-state index in [1.807, 2.05) is 26.8 Å². The number of aliphatic hydroxyl groups excluding tert-OH is 1. The van der Waals surface area contributed by atoms with Crippen molar-refractivity contribution >= 4 is 17.0 Å². The topological polar surface area (TPSA) is 80.7 Å². The predicted octanol–water partition coefficient (Wildman–Crippen LogP) is 3.90. The molecule has 8 heteroatoms. The third-order valence-electron chi connectivity index (χ3n) is 5.63. The van der Waals surface area contributed by atoms with Gasteiger partial charge in [0, 0.05) is 17.0 Å². The number of methoxy groups -OCH3 is 1. The van der Waals surface area contributed by atoms with Crippen LogP contribution in [-0.4, -0.2) is 59.7 Å². The molecule has 1 unspecified atom stereocenters. The van der Waals surface area contributed by atoms with Gasteiger partial charge in [-0.3, -0.25) is 0 Å². The van der Waals surface area contributed by atoms with E-state index < -0.39 is 23.4 Å². The number of hydrogen-bond acceptors (Lipinski definition) is 5. The highest BCUT2D eigenvalue weighted by molar-refractivity contribution is 5.83. The first-order chi connectivity index (χ1) is 14.7. The zero-order chi connectivity index (χ0) is 22.6. The molecule has 2 N–H and O–H groups in total. The number of amides is 1. The average molecular weight is 435 g/mol. The highest BCUT2D eigenvalue weighted by Crippen LogP contribution is 2.32. The van der Waals surface area contributed by atoms with Crippen LogP contribution in [0.25, 0.3) is 10.9 Å². The Morgan fingerprint density at radius 2 is 1.90 bits per heavy atom. The van der Waals surface area contributed by atoms with Gasteiger partial charge in [0.25, 0.3) is 0 Å². The Labute approximate surface area is 182 Å². The molecule has 1 fully saturated rings. The molecule has 1 aromatic heterocycles. The molecule has 3 rings (SSSR count). The Balaban J connectivity index is 1.97. The second kappa shape index (κ2) is 9.36. The van der Waals surface area contributed by atoms with E-state index in [4.69, 9.17) is 9.47 Å². The third kappa shape index (κ3) is 5.62. The van der Waals surface area contributed by atoms with Crippen molar-refractivity contribution in [3.05, 3.63) is 35.6 Å². The molecule has 0 saturated carbocycles. The molecule has 7 nitrogen and oxygen atoms in total. The van der Waals surface area contributed by atoms with Crippen LogP contribution in [-0.2, 0) is 4.74 Å². The predicted molar refractivity (Wildman–Crippen MR) is 116 cm³/mol. The van der Waals surface area contributed by atoms with Crippen LogP contribution in [0.4, 0.5) is 9.18 Å². The smallest absolute Gasteiger partial charge is 0.452 e. The van der Waals surface area contributed by atoms with Gasteiger partial charge >= 0.3 is 6.09 Å². The number of hydrogen-bond donors (Lipinski definition) is 2. The van der Waals surface area contributed by atoms with Crippen LogP contribution in [0, 0.1) is 5.82 Å². The molecule has 2 aromatic rings. The summed E-state index contributed by atoms with van der Waals surface area (Å²) in [4.78, 5) is 17.0. The quantitative estimate of drug-likeness (QED) is 0.674. The number of halogens is 1. The summed E-state index contributed by atoms with van der Waals surface area (Å²) in [6, 6.07) is 6.61. The van der Waals surface area contributed by atoms with Gasteiger partial charge in [-0.05, 0) is 58.2 Å². The number of quaternary nitrogens is 1. The lowest BCUT2D eigenvalue weighted by molar-refractivity contribution is -0.967. The molecule has 1 aliphatic heterocycles. The lowest BCUT2D eigenvalue weighted by atomic mass is 9.94. The van der Waals surface area contributed by atoms with E-state index in [0.717, 1.165) is 24.6 Å². The molecule has 0 bridgehead atoms. The molecule has 0 aliphatic carbocycles. The second-order valence-electron chi connectivity index (χ2n) is 9.22. The maximum absolute atomic E-state index is 15.0. The van der Waals surface area contributed by atoms with Crippen LogP contribution >= 0.6 is 0 Å². The van der Waals surface area contributed by atoms with Gasteiger partial charge in [-0.2, -0.15) is 5.43 Å². The van der Waals surface area contributed by atoms with Crippen LogP contribution < -0.4 is 10.2 Å². The number of nitrogens with zero attached hydrogens (tertiary/aromatic N) is 2. The Hall–Kier alpha value is -2.45.